The van der Waals surface area contributed by atoms with Crippen molar-refractivity contribution in [3.63, 3.8) is 0 Å². The summed E-state index contributed by atoms with van der Waals surface area (Å²) in [4.78, 5) is 27.5. The summed E-state index contributed by atoms with van der Waals surface area (Å²) in [5.74, 6) is -0.473. The molecule has 2 aromatic carbocycles. The predicted molar refractivity (Wildman–Crippen MR) is 122 cm³/mol. The minimum Gasteiger partial charge on any atom is -0.338 e. The molecule has 2 aliphatic heterocycles. The van der Waals surface area contributed by atoms with E-state index in [2.05, 4.69) is 29.3 Å². The van der Waals surface area contributed by atoms with Crippen LogP contribution in [0.5, 0.6) is 0 Å². The lowest BCUT2D eigenvalue weighted by Crippen LogP contribution is -2.51. The quantitative estimate of drug-likeness (QED) is 0.378. The van der Waals surface area contributed by atoms with E-state index in [0.29, 0.717) is 19.6 Å². The van der Waals surface area contributed by atoms with Crippen LogP contribution < -0.4 is 5.48 Å². The second-order valence-electron chi connectivity index (χ2n) is 8.28. The molecule has 0 aliphatic carbocycles. The van der Waals surface area contributed by atoms with Crippen molar-refractivity contribution in [3.8, 4) is 0 Å². The zero-order valence-electron chi connectivity index (χ0n) is 17.8. The first-order chi connectivity index (χ1) is 15.5. The Hall–Kier alpha value is -3.84. The zero-order valence-corrected chi connectivity index (χ0v) is 17.8. The van der Waals surface area contributed by atoms with Crippen molar-refractivity contribution in [2.45, 2.75) is 19.0 Å². The highest BCUT2D eigenvalue weighted by Crippen LogP contribution is 2.43. The Morgan fingerprint density at radius 1 is 1.22 bits per heavy atom. The molecule has 7 heteroatoms. The van der Waals surface area contributed by atoms with Crippen LogP contribution >= 0.6 is 0 Å². The average Bonchev–Trinajstić information content (AvgIpc) is 3.14. The number of hydroxylamine groups is 1. The summed E-state index contributed by atoms with van der Waals surface area (Å²) >= 11 is 0. The molecular weight excluding hydrogens is 404 g/mol. The topological polar surface area (TPSA) is 77.8 Å². The highest BCUT2D eigenvalue weighted by Gasteiger charge is 2.41. The Kier molecular flexibility index (Phi) is 4.83. The van der Waals surface area contributed by atoms with Gasteiger partial charge in [-0.1, -0.05) is 49.0 Å². The lowest BCUT2D eigenvalue weighted by molar-refractivity contribution is -0.124. The number of carbonyl (C=O) groups is 2. The Morgan fingerprint density at radius 2 is 1.97 bits per heavy atom. The van der Waals surface area contributed by atoms with Gasteiger partial charge in [0.2, 0.25) is 0 Å². The third-order valence-corrected chi connectivity index (χ3v) is 6.46. The fourth-order valence-corrected chi connectivity index (χ4v) is 4.79. The van der Waals surface area contributed by atoms with Gasteiger partial charge in [0, 0.05) is 54.4 Å². The highest BCUT2D eigenvalue weighted by molar-refractivity contribution is 5.91. The number of hydrogen-bond acceptors (Lipinski definition) is 3. The van der Waals surface area contributed by atoms with Gasteiger partial charge in [-0.15, -0.1) is 0 Å². The van der Waals surface area contributed by atoms with Gasteiger partial charge in [-0.2, -0.15) is 0 Å². The van der Waals surface area contributed by atoms with Crippen LogP contribution in [0.3, 0.4) is 0 Å². The normalized spacial score (nSPS) is 17.9. The Bertz CT molecular complexity index is 1270. The maximum Gasteiger partial charge on any atom is 0.324 e. The number of carbonyl (C=O) groups excluding carboxylic acids is 2. The highest BCUT2D eigenvalue weighted by atomic mass is 16.5. The number of amides is 3. The number of likely N-dealkylation sites (N-methyl/N-ethyl adjacent to an activating group) is 1. The molecule has 5 rings (SSSR count). The van der Waals surface area contributed by atoms with E-state index in [1.54, 1.807) is 23.5 Å². The molecule has 1 saturated heterocycles. The summed E-state index contributed by atoms with van der Waals surface area (Å²) in [6.07, 6.45) is 2.92. The van der Waals surface area contributed by atoms with E-state index in [0.717, 1.165) is 28.0 Å². The van der Waals surface area contributed by atoms with E-state index < -0.39 is 5.91 Å². The van der Waals surface area contributed by atoms with Gasteiger partial charge in [-0.05, 0) is 28.8 Å². The van der Waals surface area contributed by atoms with E-state index in [4.69, 9.17) is 5.21 Å². The standard InChI is InChI=1S/C25H24N4O3/c1-16-20-14-28(25(31)27(16)2)15-22-24(20)19-5-3-4-6-21(19)29(22)13-18-9-7-17(8-10-18)11-12-23(30)26-32/h3-12,20,32H,1,13-15H2,2H3,(H,26,30)/b12-11+. The Morgan fingerprint density at radius 3 is 2.72 bits per heavy atom. The number of nitrogens with zero attached hydrogens (tertiary/aromatic N) is 3. The zero-order chi connectivity index (χ0) is 22.4. The van der Waals surface area contributed by atoms with Crippen molar-refractivity contribution in [1.82, 2.24) is 19.8 Å². The van der Waals surface area contributed by atoms with Crippen molar-refractivity contribution in [1.29, 1.82) is 0 Å². The second-order valence-corrected chi connectivity index (χ2v) is 8.28. The van der Waals surface area contributed by atoms with E-state index in [1.807, 2.05) is 35.2 Å². The van der Waals surface area contributed by atoms with Crippen LogP contribution in [0, 0.1) is 0 Å². The molecule has 32 heavy (non-hydrogen) atoms. The maximum absolute atomic E-state index is 12.7. The summed E-state index contributed by atoms with van der Waals surface area (Å²) in [6.45, 7) is 6.15. The minimum atomic E-state index is -0.568. The van der Waals surface area contributed by atoms with Gasteiger partial charge in [0.15, 0.2) is 0 Å². The first-order valence-electron chi connectivity index (χ1n) is 10.5. The first kappa shape index (κ1) is 20.1. The molecule has 3 amide bonds. The van der Waals surface area contributed by atoms with Crippen molar-refractivity contribution >= 4 is 28.9 Å². The molecule has 2 bridgehead atoms. The monoisotopic (exact) mass is 428 g/mol. The summed E-state index contributed by atoms with van der Waals surface area (Å²) in [5, 5.41) is 9.82. The van der Waals surface area contributed by atoms with Crippen LogP contribution in [0.25, 0.3) is 17.0 Å². The lowest BCUT2D eigenvalue weighted by atomic mass is 9.87. The van der Waals surface area contributed by atoms with Crippen molar-refractivity contribution in [2.24, 2.45) is 0 Å². The van der Waals surface area contributed by atoms with E-state index in [1.165, 1.54) is 17.0 Å². The fourth-order valence-electron chi connectivity index (χ4n) is 4.79. The molecular formula is C25H24N4O3. The van der Waals surface area contributed by atoms with Crippen LogP contribution in [0.2, 0.25) is 0 Å². The molecule has 2 N–H and O–H groups in total. The van der Waals surface area contributed by atoms with Gasteiger partial charge >= 0.3 is 6.03 Å². The average molecular weight is 428 g/mol. The number of para-hydroxylation sites is 1. The Balaban J connectivity index is 1.54. The first-order valence-corrected chi connectivity index (χ1v) is 10.5. The smallest absolute Gasteiger partial charge is 0.324 e. The van der Waals surface area contributed by atoms with Gasteiger partial charge in [0.05, 0.1) is 6.54 Å². The molecule has 1 fully saturated rings. The predicted octanol–water partition coefficient (Wildman–Crippen LogP) is 3.69. The summed E-state index contributed by atoms with van der Waals surface area (Å²) in [7, 11) is 1.80. The van der Waals surface area contributed by atoms with Crippen LogP contribution in [-0.2, 0) is 17.9 Å². The maximum atomic E-state index is 12.7. The molecule has 1 atom stereocenters. The fraction of sp³-hybridized carbons (Fsp3) is 0.200. The lowest BCUT2D eigenvalue weighted by Gasteiger charge is -2.44. The van der Waals surface area contributed by atoms with Gasteiger partial charge in [0.25, 0.3) is 5.91 Å². The number of urea groups is 1. The second kappa shape index (κ2) is 7.69. The van der Waals surface area contributed by atoms with E-state index >= 15 is 0 Å². The van der Waals surface area contributed by atoms with Gasteiger partial charge in [-0.3, -0.25) is 10.0 Å². The molecule has 3 aromatic rings. The van der Waals surface area contributed by atoms with Gasteiger partial charge in [0.1, 0.15) is 0 Å². The number of aromatic nitrogens is 1. The van der Waals surface area contributed by atoms with Gasteiger partial charge in [-0.25, -0.2) is 10.3 Å². The number of benzene rings is 2. The molecule has 162 valence electrons. The van der Waals surface area contributed by atoms with Crippen LogP contribution in [0.1, 0.15) is 28.3 Å². The molecule has 0 spiro atoms. The van der Waals surface area contributed by atoms with Gasteiger partial charge < -0.3 is 14.4 Å². The minimum absolute atomic E-state index is 0.00300. The Labute approximate surface area is 185 Å². The molecule has 1 aromatic heterocycles. The summed E-state index contributed by atoms with van der Waals surface area (Å²) in [6, 6.07) is 16.3. The molecule has 3 heterocycles. The number of fused-ring (bicyclic) bond motifs is 6. The molecule has 7 nitrogen and oxygen atoms in total. The van der Waals surface area contributed by atoms with E-state index in [-0.39, 0.29) is 11.9 Å². The van der Waals surface area contributed by atoms with Crippen molar-refractivity contribution < 1.29 is 14.8 Å². The third-order valence-electron chi connectivity index (χ3n) is 6.46. The van der Waals surface area contributed by atoms with Crippen LogP contribution in [-0.4, -0.2) is 45.1 Å². The van der Waals surface area contributed by atoms with E-state index in [9.17, 15) is 9.59 Å². The number of hydrogen-bond donors (Lipinski definition) is 2. The largest absolute Gasteiger partial charge is 0.338 e. The van der Waals surface area contributed by atoms with Crippen LogP contribution in [0.15, 0.2) is 66.9 Å². The third kappa shape index (κ3) is 3.18. The van der Waals surface area contributed by atoms with Crippen molar-refractivity contribution in [2.75, 3.05) is 13.6 Å². The number of nitrogens with one attached hydrogen (secondary N) is 1. The molecule has 1 unspecified atom stereocenters. The molecule has 0 saturated carbocycles. The summed E-state index contributed by atoms with van der Waals surface area (Å²) < 4.78 is 2.31. The summed E-state index contributed by atoms with van der Waals surface area (Å²) in [5.41, 5.74) is 7.99. The van der Waals surface area contributed by atoms with Crippen molar-refractivity contribution in [3.05, 3.63) is 89.3 Å². The number of rotatable bonds is 4. The van der Waals surface area contributed by atoms with Crippen LogP contribution in [0.4, 0.5) is 4.79 Å². The SMILES string of the molecule is C=C1C2CN(Cc3c2c2ccccc2n3Cc2ccc(/C=C/C(=O)NO)cc2)C(=O)N1C. The molecule has 0 radical (unpaired) electrons. The molecule has 2 aliphatic rings.